The van der Waals surface area contributed by atoms with Crippen molar-refractivity contribution in [2.24, 2.45) is 5.41 Å². The molecule has 1 rings (SSSR count). The SMILES string of the molecule is CNCC(C)(C)COC1CCCCC1. The molecule has 0 radical (unpaired) electrons. The van der Waals surface area contributed by atoms with Crippen LogP contribution in [0, 0.1) is 5.41 Å². The lowest BCUT2D eigenvalue weighted by Crippen LogP contribution is -2.33. The summed E-state index contributed by atoms with van der Waals surface area (Å²) in [6, 6.07) is 0. The molecule has 0 heterocycles. The standard InChI is InChI=1S/C12H25NO/c1-12(2,9-13-3)10-14-11-7-5-4-6-8-11/h11,13H,4-10H2,1-3H3. The van der Waals surface area contributed by atoms with E-state index in [4.69, 9.17) is 4.74 Å². The Hall–Kier alpha value is -0.0800. The molecule has 2 heteroatoms. The fourth-order valence-corrected chi connectivity index (χ4v) is 2.10. The zero-order valence-electron chi connectivity index (χ0n) is 9.94. The van der Waals surface area contributed by atoms with Crippen LogP contribution in [0.15, 0.2) is 0 Å². The minimum atomic E-state index is 0.270. The molecule has 1 fully saturated rings. The summed E-state index contributed by atoms with van der Waals surface area (Å²) in [5.74, 6) is 0. The van der Waals surface area contributed by atoms with E-state index in [9.17, 15) is 0 Å². The Morgan fingerprint density at radius 2 is 1.86 bits per heavy atom. The summed E-state index contributed by atoms with van der Waals surface area (Å²) in [5.41, 5.74) is 0.270. The average molecular weight is 199 g/mol. The molecule has 0 aromatic heterocycles. The number of nitrogens with one attached hydrogen (secondary N) is 1. The van der Waals surface area contributed by atoms with E-state index in [1.54, 1.807) is 0 Å². The van der Waals surface area contributed by atoms with Gasteiger partial charge in [0.05, 0.1) is 12.7 Å². The maximum Gasteiger partial charge on any atom is 0.0575 e. The van der Waals surface area contributed by atoms with E-state index in [1.165, 1.54) is 32.1 Å². The van der Waals surface area contributed by atoms with Crippen LogP contribution in [0.4, 0.5) is 0 Å². The maximum atomic E-state index is 5.96. The first-order valence-electron chi connectivity index (χ1n) is 5.90. The third kappa shape index (κ3) is 4.43. The predicted octanol–water partition coefficient (Wildman–Crippen LogP) is 2.58. The zero-order valence-corrected chi connectivity index (χ0v) is 9.94. The van der Waals surface area contributed by atoms with E-state index in [0.717, 1.165) is 13.2 Å². The summed E-state index contributed by atoms with van der Waals surface area (Å²) in [7, 11) is 2.00. The van der Waals surface area contributed by atoms with Gasteiger partial charge in [0.15, 0.2) is 0 Å². The van der Waals surface area contributed by atoms with Gasteiger partial charge >= 0.3 is 0 Å². The second-order valence-corrected chi connectivity index (χ2v) is 5.27. The maximum absolute atomic E-state index is 5.96. The highest BCUT2D eigenvalue weighted by atomic mass is 16.5. The number of hydrogen-bond donors (Lipinski definition) is 1. The average Bonchev–Trinajstić information content (AvgIpc) is 2.17. The third-order valence-electron chi connectivity index (χ3n) is 2.92. The third-order valence-corrected chi connectivity index (χ3v) is 2.92. The predicted molar refractivity (Wildman–Crippen MR) is 60.5 cm³/mol. The Balaban J connectivity index is 2.17. The second-order valence-electron chi connectivity index (χ2n) is 5.27. The van der Waals surface area contributed by atoms with Crippen LogP contribution in [0.3, 0.4) is 0 Å². The van der Waals surface area contributed by atoms with Gasteiger partial charge in [-0.1, -0.05) is 33.1 Å². The van der Waals surface area contributed by atoms with Crippen molar-refractivity contribution in [3.8, 4) is 0 Å². The van der Waals surface area contributed by atoms with Crippen molar-refractivity contribution in [3.05, 3.63) is 0 Å². The van der Waals surface area contributed by atoms with Gasteiger partial charge in [0.2, 0.25) is 0 Å². The topological polar surface area (TPSA) is 21.3 Å². The van der Waals surface area contributed by atoms with E-state index < -0.39 is 0 Å². The highest BCUT2D eigenvalue weighted by molar-refractivity contribution is 4.72. The van der Waals surface area contributed by atoms with Gasteiger partial charge in [0.25, 0.3) is 0 Å². The van der Waals surface area contributed by atoms with Gasteiger partial charge in [-0.15, -0.1) is 0 Å². The summed E-state index contributed by atoms with van der Waals surface area (Å²) >= 11 is 0. The van der Waals surface area contributed by atoms with Crippen LogP contribution in [0.2, 0.25) is 0 Å². The number of ether oxygens (including phenoxy) is 1. The van der Waals surface area contributed by atoms with Gasteiger partial charge in [0, 0.05) is 12.0 Å². The van der Waals surface area contributed by atoms with Crippen LogP contribution >= 0.6 is 0 Å². The summed E-state index contributed by atoms with van der Waals surface area (Å²) in [5, 5.41) is 3.22. The normalized spacial score (nSPS) is 19.9. The van der Waals surface area contributed by atoms with E-state index in [2.05, 4.69) is 19.2 Å². The lowest BCUT2D eigenvalue weighted by molar-refractivity contribution is -0.0139. The molecular weight excluding hydrogens is 174 g/mol. The fourth-order valence-electron chi connectivity index (χ4n) is 2.10. The minimum absolute atomic E-state index is 0.270. The molecule has 0 aliphatic heterocycles. The second kappa shape index (κ2) is 5.72. The van der Waals surface area contributed by atoms with Crippen molar-refractivity contribution in [2.45, 2.75) is 52.1 Å². The Morgan fingerprint density at radius 3 is 2.43 bits per heavy atom. The van der Waals surface area contributed by atoms with Crippen molar-refractivity contribution in [1.82, 2.24) is 5.32 Å². The molecule has 0 saturated heterocycles. The quantitative estimate of drug-likeness (QED) is 0.735. The fraction of sp³-hybridized carbons (Fsp3) is 1.00. The van der Waals surface area contributed by atoms with Crippen LogP contribution in [0.25, 0.3) is 0 Å². The molecule has 1 aliphatic rings. The van der Waals surface area contributed by atoms with Crippen LogP contribution in [-0.4, -0.2) is 26.3 Å². The van der Waals surface area contributed by atoms with Gasteiger partial charge in [0.1, 0.15) is 0 Å². The van der Waals surface area contributed by atoms with Crippen molar-refractivity contribution in [1.29, 1.82) is 0 Å². The molecular formula is C12H25NO. The molecule has 0 aromatic carbocycles. The van der Waals surface area contributed by atoms with Crippen LogP contribution in [0.5, 0.6) is 0 Å². The lowest BCUT2D eigenvalue weighted by atomic mass is 9.93. The molecule has 14 heavy (non-hydrogen) atoms. The molecule has 2 nitrogen and oxygen atoms in total. The Labute approximate surface area is 88.4 Å². The van der Waals surface area contributed by atoms with Crippen LogP contribution in [-0.2, 0) is 4.74 Å². The van der Waals surface area contributed by atoms with Crippen molar-refractivity contribution in [2.75, 3.05) is 20.2 Å². The summed E-state index contributed by atoms with van der Waals surface area (Å²) < 4.78 is 5.96. The molecule has 0 amide bonds. The summed E-state index contributed by atoms with van der Waals surface area (Å²) in [4.78, 5) is 0. The van der Waals surface area contributed by atoms with Crippen LogP contribution < -0.4 is 5.32 Å². The molecule has 0 atom stereocenters. The largest absolute Gasteiger partial charge is 0.378 e. The van der Waals surface area contributed by atoms with Gasteiger partial charge in [-0.3, -0.25) is 0 Å². The van der Waals surface area contributed by atoms with E-state index in [0.29, 0.717) is 6.10 Å². The molecule has 1 aliphatic carbocycles. The Bertz CT molecular complexity index is 150. The van der Waals surface area contributed by atoms with E-state index in [-0.39, 0.29) is 5.41 Å². The van der Waals surface area contributed by atoms with E-state index in [1.807, 2.05) is 7.05 Å². The summed E-state index contributed by atoms with van der Waals surface area (Å²) in [6.45, 7) is 6.43. The molecule has 0 bridgehead atoms. The molecule has 1 saturated carbocycles. The first-order valence-corrected chi connectivity index (χ1v) is 5.90. The first kappa shape index (κ1) is 12.0. The van der Waals surface area contributed by atoms with E-state index >= 15 is 0 Å². The van der Waals surface area contributed by atoms with Crippen molar-refractivity contribution < 1.29 is 4.74 Å². The molecule has 0 aromatic rings. The minimum Gasteiger partial charge on any atom is -0.378 e. The van der Waals surface area contributed by atoms with Gasteiger partial charge in [-0.25, -0.2) is 0 Å². The molecule has 1 N–H and O–H groups in total. The van der Waals surface area contributed by atoms with Crippen LogP contribution in [0.1, 0.15) is 46.0 Å². The van der Waals surface area contributed by atoms with Crippen molar-refractivity contribution in [3.63, 3.8) is 0 Å². The summed E-state index contributed by atoms with van der Waals surface area (Å²) in [6.07, 6.45) is 7.21. The lowest BCUT2D eigenvalue weighted by Gasteiger charge is -2.29. The first-order chi connectivity index (χ1) is 6.64. The Kier molecular flexibility index (Phi) is 4.90. The number of rotatable bonds is 5. The smallest absolute Gasteiger partial charge is 0.0575 e. The Morgan fingerprint density at radius 1 is 1.21 bits per heavy atom. The van der Waals surface area contributed by atoms with Crippen molar-refractivity contribution >= 4 is 0 Å². The van der Waals surface area contributed by atoms with Gasteiger partial charge < -0.3 is 10.1 Å². The zero-order chi connectivity index (χ0) is 10.4. The molecule has 0 spiro atoms. The van der Waals surface area contributed by atoms with Gasteiger partial charge in [-0.05, 0) is 19.9 Å². The molecule has 0 unspecified atom stereocenters. The van der Waals surface area contributed by atoms with Gasteiger partial charge in [-0.2, -0.15) is 0 Å². The highest BCUT2D eigenvalue weighted by Crippen LogP contribution is 2.23. The number of hydrogen-bond acceptors (Lipinski definition) is 2. The monoisotopic (exact) mass is 199 g/mol. The highest BCUT2D eigenvalue weighted by Gasteiger charge is 2.21. The molecule has 84 valence electrons.